The summed E-state index contributed by atoms with van der Waals surface area (Å²) in [5, 5.41) is 1.15. The minimum Gasteiger partial charge on any atom is -0.493 e. The maximum absolute atomic E-state index is 15.5. The van der Waals surface area contributed by atoms with E-state index in [0.717, 1.165) is 24.2 Å². The Morgan fingerprint density at radius 3 is 2.56 bits per heavy atom. The molecule has 0 atom stereocenters. The van der Waals surface area contributed by atoms with Crippen LogP contribution in [-0.4, -0.2) is 52.8 Å². The summed E-state index contributed by atoms with van der Waals surface area (Å²) in [5.74, 6) is 1.14. The van der Waals surface area contributed by atoms with Crippen molar-refractivity contribution < 1.29 is 18.6 Å². The Kier molecular flexibility index (Phi) is 6.96. The van der Waals surface area contributed by atoms with Crippen LogP contribution in [0.25, 0.3) is 21.8 Å². The van der Waals surface area contributed by atoms with Crippen LogP contribution in [0.3, 0.4) is 0 Å². The van der Waals surface area contributed by atoms with Crippen LogP contribution in [0, 0.1) is 12.7 Å². The smallest absolute Gasteiger partial charge is 0.230 e. The van der Waals surface area contributed by atoms with Gasteiger partial charge in [-0.25, -0.2) is 14.4 Å². The third kappa shape index (κ3) is 4.69. The quantitative estimate of drug-likeness (QED) is 0.256. The van der Waals surface area contributed by atoms with Crippen LogP contribution >= 0.6 is 0 Å². The lowest BCUT2D eigenvalue weighted by atomic mass is 10.2. The lowest BCUT2D eigenvalue weighted by molar-refractivity contribution is 0.254. The average Bonchev–Trinajstić information content (AvgIpc) is 3.50. The van der Waals surface area contributed by atoms with Crippen LogP contribution in [-0.2, 0) is 0 Å². The zero-order valence-electron chi connectivity index (χ0n) is 21.4. The second-order valence-electron chi connectivity index (χ2n) is 9.61. The van der Waals surface area contributed by atoms with Crippen LogP contribution in [0.4, 0.5) is 4.39 Å². The van der Waals surface area contributed by atoms with Crippen molar-refractivity contribution in [3.63, 3.8) is 0 Å². The van der Waals surface area contributed by atoms with Crippen molar-refractivity contribution >= 4 is 21.8 Å². The first-order valence-corrected chi connectivity index (χ1v) is 12.6. The number of aryl methyl sites for hydroxylation is 1. The van der Waals surface area contributed by atoms with Crippen molar-refractivity contribution in [1.29, 1.82) is 0 Å². The van der Waals surface area contributed by atoms with Crippen molar-refractivity contribution in [2.24, 2.45) is 0 Å². The summed E-state index contributed by atoms with van der Waals surface area (Å²) >= 11 is 0. The molecule has 2 aromatic carbocycles. The fourth-order valence-corrected chi connectivity index (χ4v) is 5.12. The van der Waals surface area contributed by atoms with Gasteiger partial charge in [-0.2, -0.15) is 0 Å². The number of methoxy groups -OCH3 is 1. The Labute approximate surface area is 210 Å². The highest BCUT2D eigenvalue weighted by Crippen LogP contribution is 2.38. The van der Waals surface area contributed by atoms with E-state index in [2.05, 4.69) is 33.3 Å². The molecular formula is C28H33FN4O3. The van der Waals surface area contributed by atoms with Crippen LogP contribution < -0.4 is 14.2 Å². The van der Waals surface area contributed by atoms with Gasteiger partial charge in [-0.05, 0) is 77.4 Å². The maximum Gasteiger partial charge on any atom is 0.230 e. The molecule has 36 heavy (non-hydrogen) atoms. The molecule has 0 spiro atoms. The molecule has 1 aliphatic rings. The highest BCUT2D eigenvalue weighted by atomic mass is 19.1. The van der Waals surface area contributed by atoms with E-state index >= 15 is 4.39 Å². The number of fused-ring (bicyclic) bond motifs is 2. The first-order chi connectivity index (χ1) is 17.5. The third-order valence-corrected chi connectivity index (χ3v) is 6.80. The summed E-state index contributed by atoms with van der Waals surface area (Å²) in [4.78, 5) is 11.1. The predicted molar refractivity (Wildman–Crippen MR) is 139 cm³/mol. The van der Waals surface area contributed by atoms with Crippen LogP contribution in [0.2, 0.25) is 0 Å². The molecule has 0 N–H and O–H groups in total. The van der Waals surface area contributed by atoms with Gasteiger partial charge in [-0.1, -0.05) is 0 Å². The molecule has 2 aromatic heterocycles. The van der Waals surface area contributed by atoms with Crippen molar-refractivity contribution in [2.75, 3.05) is 33.4 Å². The number of aromatic nitrogens is 3. The Balaban J connectivity index is 1.40. The molecule has 1 fully saturated rings. The van der Waals surface area contributed by atoms with Crippen LogP contribution in [0.15, 0.2) is 36.7 Å². The van der Waals surface area contributed by atoms with Gasteiger partial charge in [-0.15, -0.1) is 0 Å². The topological polar surface area (TPSA) is 61.6 Å². The van der Waals surface area contributed by atoms with Gasteiger partial charge in [0, 0.05) is 29.7 Å². The molecule has 0 bridgehead atoms. The summed E-state index contributed by atoms with van der Waals surface area (Å²) in [6.07, 6.45) is 4.92. The number of likely N-dealkylation sites (tertiary alicyclic amines) is 1. The molecular weight excluding hydrogens is 459 g/mol. The molecule has 8 heteroatoms. The molecule has 190 valence electrons. The first-order valence-electron chi connectivity index (χ1n) is 12.6. The minimum absolute atomic E-state index is 0.115. The SMILES string of the molecule is COc1cc2c(Oc3ccc4c(cc(C)n4C(C)C)c3F)ncnc2cc1OCCCN1CCCC1. The molecule has 0 radical (unpaired) electrons. The maximum atomic E-state index is 15.5. The number of nitrogens with zero attached hydrogens (tertiary/aromatic N) is 4. The first kappa shape index (κ1) is 24.3. The number of halogens is 1. The Morgan fingerprint density at radius 1 is 1.00 bits per heavy atom. The molecule has 1 aliphatic heterocycles. The molecule has 0 unspecified atom stereocenters. The minimum atomic E-state index is -0.410. The monoisotopic (exact) mass is 492 g/mol. The van der Waals surface area contributed by atoms with Crippen LogP contribution in [0.5, 0.6) is 23.1 Å². The van der Waals surface area contributed by atoms with E-state index in [4.69, 9.17) is 14.2 Å². The predicted octanol–water partition coefficient (Wildman–Crippen LogP) is 6.28. The number of hydrogen-bond donors (Lipinski definition) is 0. The van der Waals surface area contributed by atoms with E-state index < -0.39 is 5.82 Å². The van der Waals surface area contributed by atoms with Crippen LogP contribution in [0.1, 0.15) is 44.8 Å². The second-order valence-corrected chi connectivity index (χ2v) is 9.61. The molecule has 5 rings (SSSR count). The summed E-state index contributed by atoms with van der Waals surface area (Å²) in [6.45, 7) is 10.1. The lowest BCUT2D eigenvalue weighted by Gasteiger charge is -2.16. The van der Waals surface area contributed by atoms with E-state index in [0.29, 0.717) is 34.4 Å². The molecule has 0 saturated carbocycles. The van der Waals surface area contributed by atoms with E-state index in [1.165, 1.54) is 32.3 Å². The standard InChI is InChI=1S/C28H33FN4O3/c1-18(2)33-19(3)14-21-23(33)8-9-24(27(21)29)36-28-20-15-25(34-4)26(16-22(20)30-17-31-28)35-13-7-12-32-10-5-6-11-32/h8-9,14-18H,5-7,10-13H2,1-4H3. The molecule has 0 amide bonds. The lowest BCUT2D eigenvalue weighted by Crippen LogP contribution is -2.21. The Morgan fingerprint density at radius 2 is 1.81 bits per heavy atom. The molecule has 4 aromatic rings. The zero-order valence-corrected chi connectivity index (χ0v) is 21.4. The summed E-state index contributed by atoms with van der Waals surface area (Å²) in [7, 11) is 1.60. The van der Waals surface area contributed by atoms with Crippen molar-refractivity contribution in [2.45, 2.75) is 46.1 Å². The summed E-state index contributed by atoms with van der Waals surface area (Å²) in [5.41, 5.74) is 2.48. The van der Waals surface area contributed by atoms with Gasteiger partial charge in [0.2, 0.25) is 5.88 Å². The normalized spacial score (nSPS) is 14.3. The van der Waals surface area contributed by atoms with Gasteiger partial charge < -0.3 is 23.7 Å². The average molecular weight is 493 g/mol. The highest BCUT2D eigenvalue weighted by molar-refractivity contribution is 5.88. The fraction of sp³-hybridized carbons (Fsp3) is 0.429. The number of rotatable bonds is 9. The molecule has 7 nitrogen and oxygen atoms in total. The van der Waals surface area contributed by atoms with Gasteiger partial charge >= 0.3 is 0 Å². The van der Waals surface area contributed by atoms with Crippen molar-refractivity contribution in [3.05, 3.63) is 48.2 Å². The molecule has 3 heterocycles. The van der Waals surface area contributed by atoms with E-state index in [9.17, 15) is 0 Å². The summed E-state index contributed by atoms with van der Waals surface area (Å²) in [6, 6.07) is 9.23. The van der Waals surface area contributed by atoms with Gasteiger partial charge in [0.15, 0.2) is 23.1 Å². The molecule has 0 aliphatic carbocycles. The Hall–Kier alpha value is -3.39. The third-order valence-electron chi connectivity index (χ3n) is 6.80. The fourth-order valence-electron chi connectivity index (χ4n) is 5.12. The van der Waals surface area contributed by atoms with Gasteiger partial charge in [0.25, 0.3) is 0 Å². The number of benzene rings is 2. The Bertz CT molecular complexity index is 1380. The largest absolute Gasteiger partial charge is 0.493 e. The van der Waals surface area contributed by atoms with E-state index in [1.54, 1.807) is 19.2 Å². The second kappa shape index (κ2) is 10.3. The number of ether oxygens (including phenoxy) is 3. The van der Waals surface area contributed by atoms with E-state index in [-0.39, 0.29) is 17.7 Å². The van der Waals surface area contributed by atoms with Gasteiger partial charge in [0.1, 0.15) is 6.33 Å². The van der Waals surface area contributed by atoms with Crippen molar-refractivity contribution in [1.82, 2.24) is 19.4 Å². The number of hydrogen-bond acceptors (Lipinski definition) is 6. The zero-order chi connectivity index (χ0) is 25.2. The summed E-state index contributed by atoms with van der Waals surface area (Å²) < 4.78 is 35.2. The van der Waals surface area contributed by atoms with Gasteiger partial charge in [-0.3, -0.25) is 0 Å². The van der Waals surface area contributed by atoms with Crippen molar-refractivity contribution in [3.8, 4) is 23.1 Å². The molecule has 1 saturated heterocycles. The van der Waals surface area contributed by atoms with E-state index in [1.807, 2.05) is 25.1 Å². The highest BCUT2D eigenvalue weighted by Gasteiger charge is 2.19. The van der Waals surface area contributed by atoms with Gasteiger partial charge in [0.05, 0.1) is 30.1 Å².